The van der Waals surface area contributed by atoms with E-state index in [1.54, 1.807) is 29.8 Å². The highest BCUT2D eigenvalue weighted by Gasteiger charge is 2.10. The van der Waals surface area contributed by atoms with Crippen LogP contribution >= 0.6 is 11.3 Å². The highest BCUT2D eigenvalue weighted by atomic mass is 32.1. The van der Waals surface area contributed by atoms with Crippen LogP contribution in [-0.2, 0) is 0 Å². The van der Waals surface area contributed by atoms with E-state index in [1.807, 2.05) is 0 Å². The summed E-state index contributed by atoms with van der Waals surface area (Å²) in [6.45, 7) is 4.19. The third-order valence-electron chi connectivity index (χ3n) is 4.10. The van der Waals surface area contributed by atoms with Crippen LogP contribution in [-0.4, -0.2) is 14.5 Å². The van der Waals surface area contributed by atoms with Crippen molar-refractivity contribution in [2.45, 2.75) is 13.8 Å². The van der Waals surface area contributed by atoms with Crippen molar-refractivity contribution >= 4 is 17.3 Å². The second kappa shape index (κ2) is 7.06. The van der Waals surface area contributed by atoms with Crippen molar-refractivity contribution in [3.8, 4) is 16.9 Å². The molecule has 0 unspecified atom stereocenters. The van der Waals surface area contributed by atoms with Gasteiger partial charge in [0, 0.05) is 23.5 Å². The molecule has 2 heterocycles. The summed E-state index contributed by atoms with van der Waals surface area (Å²) in [5, 5.41) is 2.13. The van der Waals surface area contributed by atoms with E-state index >= 15 is 0 Å². The quantitative estimate of drug-likeness (QED) is 0.526. The van der Waals surface area contributed by atoms with Gasteiger partial charge < -0.3 is 0 Å². The number of aromatic nitrogens is 3. The van der Waals surface area contributed by atoms with Crippen LogP contribution in [0.5, 0.6) is 0 Å². The highest BCUT2D eigenvalue weighted by Crippen LogP contribution is 2.24. The number of thiazole rings is 1. The molecule has 0 N–H and O–H groups in total. The van der Waals surface area contributed by atoms with Crippen LogP contribution in [0, 0.1) is 13.8 Å². The van der Waals surface area contributed by atoms with E-state index in [2.05, 4.69) is 87.3 Å². The fraction of sp³-hybridized carbons (Fsp3) is 0.0952. The standard InChI is InChI=1S/C21H18N4S/c1-15-4-8-17(9-5-15)19-14-26-21(24-20-22-12-3-13-23-20)25(19)18-10-6-16(2)7-11-18/h3-14H,1-2H3/b24-21-. The van der Waals surface area contributed by atoms with Gasteiger partial charge >= 0.3 is 0 Å². The second-order valence-electron chi connectivity index (χ2n) is 6.10. The predicted molar refractivity (Wildman–Crippen MR) is 106 cm³/mol. The minimum absolute atomic E-state index is 0.464. The first-order valence-corrected chi connectivity index (χ1v) is 9.25. The van der Waals surface area contributed by atoms with Crippen molar-refractivity contribution in [2.24, 2.45) is 4.99 Å². The number of aryl methyl sites for hydroxylation is 2. The molecule has 5 heteroatoms. The Kier molecular flexibility index (Phi) is 4.46. The largest absolute Gasteiger partial charge is 0.285 e. The summed E-state index contributed by atoms with van der Waals surface area (Å²) in [5.74, 6) is 0.464. The maximum absolute atomic E-state index is 4.66. The number of benzene rings is 2. The molecular formula is C21H18N4S. The lowest BCUT2D eigenvalue weighted by atomic mass is 10.1. The van der Waals surface area contributed by atoms with Crippen molar-refractivity contribution < 1.29 is 0 Å². The molecule has 4 nitrogen and oxygen atoms in total. The Morgan fingerprint density at radius 2 is 1.46 bits per heavy atom. The maximum atomic E-state index is 4.66. The highest BCUT2D eigenvalue weighted by molar-refractivity contribution is 7.07. The lowest BCUT2D eigenvalue weighted by Crippen LogP contribution is -2.14. The fourth-order valence-corrected chi connectivity index (χ4v) is 3.59. The van der Waals surface area contributed by atoms with Crippen molar-refractivity contribution in [2.75, 3.05) is 0 Å². The molecular weight excluding hydrogens is 340 g/mol. The van der Waals surface area contributed by atoms with Crippen LogP contribution in [0.3, 0.4) is 0 Å². The summed E-state index contributed by atoms with van der Waals surface area (Å²) in [6.07, 6.45) is 3.41. The summed E-state index contributed by atoms with van der Waals surface area (Å²) >= 11 is 1.59. The van der Waals surface area contributed by atoms with Gasteiger partial charge in [0.25, 0.3) is 5.95 Å². The van der Waals surface area contributed by atoms with Gasteiger partial charge in [0.15, 0.2) is 4.80 Å². The number of rotatable bonds is 3. The second-order valence-corrected chi connectivity index (χ2v) is 6.94. The first-order valence-electron chi connectivity index (χ1n) is 8.37. The van der Waals surface area contributed by atoms with Crippen molar-refractivity contribution in [3.63, 3.8) is 0 Å². The molecule has 2 aromatic carbocycles. The minimum Gasteiger partial charge on any atom is -0.285 e. The Hall–Kier alpha value is -3.05. The molecule has 0 atom stereocenters. The van der Waals surface area contributed by atoms with Gasteiger partial charge in [-0.1, -0.05) is 47.5 Å². The van der Waals surface area contributed by atoms with E-state index < -0.39 is 0 Å². The van der Waals surface area contributed by atoms with Gasteiger partial charge in [-0.25, -0.2) is 9.97 Å². The summed E-state index contributed by atoms with van der Waals surface area (Å²) in [5.41, 5.74) is 5.80. The third-order valence-corrected chi connectivity index (χ3v) is 4.92. The molecule has 2 aromatic heterocycles. The number of nitrogens with zero attached hydrogens (tertiary/aromatic N) is 4. The monoisotopic (exact) mass is 358 g/mol. The van der Waals surface area contributed by atoms with E-state index in [1.165, 1.54) is 11.1 Å². The lowest BCUT2D eigenvalue weighted by molar-refractivity contribution is 0.987. The zero-order chi connectivity index (χ0) is 17.9. The Bertz CT molecular complexity index is 1080. The first kappa shape index (κ1) is 16.4. The van der Waals surface area contributed by atoms with E-state index in [0.29, 0.717) is 5.95 Å². The first-order chi connectivity index (χ1) is 12.7. The summed E-state index contributed by atoms with van der Waals surface area (Å²) < 4.78 is 2.16. The molecule has 0 amide bonds. The normalized spacial score (nSPS) is 11.7. The fourth-order valence-electron chi connectivity index (χ4n) is 2.69. The van der Waals surface area contributed by atoms with E-state index in [-0.39, 0.29) is 0 Å². The van der Waals surface area contributed by atoms with Gasteiger partial charge in [-0.05, 0) is 37.6 Å². The minimum atomic E-state index is 0.464. The van der Waals surface area contributed by atoms with E-state index in [0.717, 1.165) is 21.7 Å². The zero-order valence-corrected chi connectivity index (χ0v) is 15.4. The average Bonchev–Trinajstić information content (AvgIpc) is 3.07. The average molecular weight is 358 g/mol. The topological polar surface area (TPSA) is 43.1 Å². The molecule has 0 fully saturated rings. The van der Waals surface area contributed by atoms with E-state index in [4.69, 9.17) is 0 Å². The van der Waals surface area contributed by atoms with Gasteiger partial charge in [0.1, 0.15) is 0 Å². The Morgan fingerprint density at radius 3 is 2.12 bits per heavy atom. The summed E-state index contributed by atoms with van der Waals surface area (Å²) in [6, 6.07) is 18.8. The van der Waals surface area contributed by atoms with Crippen LogP contribution in [0.4, 0.5) is 5.95 Å². The molecule has 0 aliphatic rings. The molecule has 0 radical (unpaired) electrons. The van der Waals surface area contributed by atoms with Crippen LogP contribution in [0.15, 0.2) is 77.4 Å². The molecule has 0 aliphatic carbocycles. The van der Waals surface area contributed by atoms with Gasteiger partial charge in [-0.3, -0.25) is 4.57 Å². The molecule has 0 spiro atoms. The molecule has 0 aliphatic heterocycles. The van der Waals surface area contributed by atoms with Crippen LogP contribution in [0.25, 0.3) is 16.9 Å². The molecule has 0 saturated carbocycles. The van der Waals surface area contributed by atoms with Gasteiger partial charge in [0.2, 0.25) is 0 Å². The molecule has 0 saturated heterocycles. The van der Waals surface area contributed by atoms with Gasteiger partial charge in [-0.15, -0.1) is 11.3 Å². The molecule has 4 aromatic rings. The molecule has 4 rings (SSSR count). The van der Waals surface area contributed by atoms with Crippen molar-refractivity contribution in [1.82, 2.24) is 14.5 Å². The van der Waals surface area contributed by atoms with Crippen molar-refractivity contribution in [1.29, 1.82) is 0 Å². The lowest BCUT2D eigenvalue weighted by Gasteiger charge is -2.10. The number of hydrogen-bond donors (Lipinski definition) is 0. The predicted octanol–water partition coefficient (Wildman–Crippen LogP) is 4.85. The van der Waals surface area contributed by atoms with E-state index in [9.17, 15) is 0 Å². The zero-order valence-electron chi connectivity index (χ0n) is 14.6. The SMILES string of the molecule is Cc1ccc(-c2cs/c(=N\c3ncccn3)n2-c2ccc(C)cc2)cc1. The Labute approximate surface area is 156 Å². The van der Waals surface area contributed by atoms with Gasteiger partial charge in [0.05, 0.1) is 5.69 Å². The smallest absolute Gasteiger partial charge is 0.251 e. The van der Waals surface area contributed by atoms with Crippen molar-refractivity contribution in [3.05, 3.63) is 88.3 Å². The molecule has 128 valence electrons. The number of hydrogen-bond acceptors (Lipinski definition) is 4. The van der Waals surface area contributed by atoms with Gasteiger partial charge in [-0.2, -0.15) is 4.99 Å². The van der Waals surface area contributed by atoms with Crippen LogP contribution < -0.4 is 4.80 Å². The third kappa shape index (κ3) is 3.34. The van der Waals surface area contributed by atoms with Crippen LogP contribution in [0.1, 0.15) is 11.1 Å². The molecule has 26 heavy (non-hydrogen) atoms. The summed E-state index contributed by atoms with van der Waals surface area (Å²) in [7, 11) is 0. The Morgan fingerprint density at radius 1 is 0.846 bits per heavy atom. The Balaban J connectivity index is 1.94. The summed E-state index contributed by atoms with van der Waals surface area (Å²) in [4.78, 5) is 14.0. The van der Waals surface area contributed by atoms with Crippen LogP contribution in [0.2, 0.25) is 0 Å². The maximum Gasteiger partial charge on any atom is 0.251 e. The molecule has 0 bridgehead atoms.